The zero-order valence-corrected chi connectivity index (χ0v) is 9.80. The molecule has 1 amide bonds. The second kappa shape index (κ2) is 5.19. The van der Waals surface area contributed by atoms with Crippen molar-refractivity contribution in [2.45, 2.75) is 0 Å². The summed E-state index contributed by atoms with van der Waals surface area (Å²) in [5.41, 5.74) is 6.13. The predicted molar refractivity (Wildman–Crippen MR) is 71.2 cm³/mol. The molecule has 0 atom stereocenters. The van der Waals surface area contributed by atoms with Crippen molar-refractivity contribution in [3.8, 4) is 11.5 Å². The molecule has 0 saturated carbocycles. The van der Waals surface area contributed by atoms with Gasteiger partial charge in [-0.15, -0.1) is 0 Å². The molecule has 0 aromatic heterocycles. The molecule has 3 heteroatoms. The van der Waals surface area contributed by atoms with Crippen molar-refractivity contribution in [2.75, 3.05) is 0 Å². The second-order valence-corrected chi connectivity index (χ2v) is 3.79. The summed E-state index contributed by atoms with van der Waals surface area (Å²) in [5.74, 6) is 0.840. The fraction of sp³-hybridized carbons (Fsp3) is 0. The van der Waals surface area contributed by atoms with Crippen LogP contribution in [0.15, 0.2) is 61.2 Å². The fourth-order valence-electron chi connectivity index (χ4n) is 1.51. The van der Waals surface area contributed by atoms with Gasteiger partial charge in [-0.25, -0.2) is 0 Å². The van der Waals surface area contributed by atoms with E-state index in [0.29, 0.717) is 11.3 Å². The van der Waals surface area contributed by atoms with Crippen molar-refractivity contribution in [3.63, 3.8) is 0 Å². The molecule has 0 bridgehead atoms. The number of ether oxygens (including phenoxy) is 1. The van der Waals surface area contributed by atoms with Gasteiger partial charge >= 0.3 is 0 Å². The monoisotopic (exact) mass is 239 g/mol. The third-order valence-corrected chi connectivity index (χ3v) is 2.46. The van der Waals surface area contributed by atoms with E-state index in [1.165, 1.54) is 0 Å². The molecule has 0 spiro atoms. The maximum Gasteiger partial charge on any atom is 0.248 e. The van der Waals surface area contributed by atoms with Crippen molar-refractivity contribution < 1.29 is 9.53 Å². The number of primary amides is 1. The number of rotatable bonds is 4. The Kier molecular flexibility index (Phi) is 3.44. The number of amides is 1. The summed E-state index contributed by atoms with van der Waals surface area (Å²) in [6, 6.07) is 16.5. The zero-order valence-electron chi connectivity index (χ0n) is 9.80. The van der Waals surface area contributed by atoms with Gasteiger partial charge in [0.25, 0.3) is 0 Å². The predicted octanol–water partition coefficient (Wildman–Crippen LogP) is 2.98. The Labute approximate surface area is 106 Å². The minimum atomic E-state index is -0.535. The highest BCUT2D eigenvalue weighted by Gasteiger charge is 2.06. The maximum atomic E-state index is 11.1. The van der Waals surface area contributed by atoms with E-state index >= 15 is 0 Å². The first-order valence-electron chi connectivity index (χ1n) is 5.49. The molecule has 0 fully saturated rings. The zero-order chi connectivity index (χ0) is 13.0. The molecule has 0 heterocycles. The van der Waals surface area contributed by atoms with Gasteiger partial charge in [0.15, 0.2) is 0 Å². The number of hydrogen-bond donors (Lipinski definition) is 1. The molecule has 2 aromatic rings. The van der Waals surface area contributed by atoms with Crippen LogP contribution in [0.2, 0.25) is 0 Å². The summed E-state index contributed by atoms with van der Waals surface area (Å²) < 4.78 is 5.66. The number of hydrogen-bond acceptors (Lipinski definition) is 2. The summed E-state index contributed by atoms with van der Waals surface area (Å²) >= 11 is 0. The molecule has 2 aromatic carbocycles. The van der Waals surface area contributed by atoms with E-state index in [-0.39, 0.29) is 5.57 Å². The van der Waals surface area contributed by atoms with E-state index < -0.39 is 5.91 Å². The van der Waals surface area contributed by atoms with Gasteiger partial charge in [0.2, 0.25) is 5.91 Å². The van der Waals surface area contributed by atoms with Crippen LogP contribution in [-0.2, 0) is 4.79 Å². The Balaban J connectivity index is 2.23. The largest absolute Gasteiger partial charge is 0.457 e. The van der Waals surface area contributed by atoms with Gasteiger partial charge in [-0.3, -0.25) is 4.79 Å². The normalized spacial score (nSPS) is 9.78. The van der Waals surface area contributed by atoms with Crippen molar-refractivity contribution in [1.29, 1.82) is 0 Å². The van der Waals surface area contributed by atoms with Gasteiger partial charge in [-0.1, -0.05) is 36.9 Å². The summed E-state index contributed by atoms with van der Waals surface area (Å²) in [5, 5.41) is 0. The lowest BCUT2D eigenvalue weighted by molar-refractivity contribution is -0.112. The van der Waals surface area contributed by atoms with Gasteiger partial charge in [0.1, 0.15) is 11.5 Å². The number of para-hydroxylation sites is 1. The molecule has 0 aliphatic rings. The average molecular weight is 239 g/mol. The number of carbonyl (C=O) groups is 1. The Morgan fingerprint density at radius 2 is 1.67 bits per heavy atom. The first kappa shape index (κ1) is 11.9. The number of nitrogens with two attached hydrogens (primary N) is 1. The molecule has 2 N–H and O–H groups in total. The van der Waals surface area contributed by atoms with Gasteiger partial charge in [0.05, 0.1) is 0 Å². The Morgan fingerprint density at radius 1 is 1.00 bits per heavy atom. The van der Waals surface area contributed by atoms with Gasteiger partial charge < -0.3 is 10.5 Å². The topological polar surface area (TPSA) is 52.3 Å². The van der Waals surface area contributed by atoms with Crippen molar-refractivity contribution in [1.82, 2.24) is 0 Å². The Hall–Kier alpha value is -2.55. The molecule has 18 heavy (non-hydrogen) atoms. The maximum absolute atomic E-state index is 11.1. The third kappa shape index (κ3) is 2.77. The van der Waals surface area contributed by atoms with Gasteiger partial charge in [-0.2, -0.15) is 0 Å². The minimum Gasteiger partial charge on any atom is -0.457 e. The molecule has 0 saturated heterocycles. The highest BCUT2D eigenvalue weighted by Crippen LogP contribution is 2.24. The standard InChI is InChI=1S/C15H13NO2/c1-11(15(16)17)12-6-5-9-14(10-12)18-13-7-3-2-4-8-13/h2-10H,1H2,(H2,16,17). The Bertz CT molecular complexity index is 576. The van der Waals surface area contributed by atoms with E-state index in [2.05, 4.69) is 6.58 Å². The van der Waals surface area contributed by atoms with Crippen LogP contribution in [0.1, 0.15) is 5.56 Å². The smallest absolute Gasteiger partial charge is 0.248 e. The molecule has 0 radical (unpaired) electrons. The Morgan fingerprint density at radius 3 is 2.33 bits per heavy atom. The SMILES string of the molecule is C=C(C(N)=O)c1cccc(Oc2ccccc2)c1. The molecule has 90 valence electrons. The summed E-state index contributed by atoms with van der Waals surface area (Å²) in [4.78, 5) is 11.1. The summed E-state index contributed by atoms with van der Waals surface area (Å²) in [6.45, 7) is 3.64. The van der Waals surface area contributed by atoms with E-state index in [0.717, 1.165) is 5.75 Å². The molecule has 2 rings (SSSR count). The second-order valence-electron chi connectivity index (χ2n) is 3.79. The van der Waals surface area contributed by atoms with E-state index in [4.69, 9.17) is 10.5 Å². The molecule has 0 aliphatic carbocycles. The van der Waals surface area contributed by atoms with Crippen LogP contribution in [0.25, 0.3) is 5.57 Å². The number of benzene rings is 2. The van der Waals surface area contributed by atoms with Crippen LogP contribution in [0, 0.1) is 0 Å². The molecular weight excluding hydrogens is 226 g/mol. The van der Waals surface area contributed by atoms with Crippen molar-refractivity contribution >= 4 is 11.5 Å². The van der Waals surface area contributed by atoms with Crippen LogP contribution in [0.5, 0.6) is 11.5 Å². The highest BCUT2D eigenvalue weighted by atomic mass is 16.5. The van der Waals surface area contributed by atoms with E-state index in [9.17, 15) is 4.79 Å². The lowest BCUT2D eigenvalue weighted by Gasteiger charge is -2.07. The summed E-state index contributed by atoms with van der Waals surface area (Å²) in [7, 11) is 0. The van der Waals surface area contributed by atoms with Gasteiger partial charge in [-0.05, 0) is 29.8 Å². The lowest BCUT2D eigenvalue weighted by atomic mass is 10.1. The first-order valence-corrected chi connectivity index (χ1v) is 5.49. The van der Waals surface area contributed by atoms with Crippen LogP contribution < -0.4 is 10.5 Å². The fourth-order valence-corrected chi connectivity index (χ4v) is 1.51. The molecule has 0 aliphatic heterocycles. The van der Waals surface area contributed by atoms with Crippen LogP contribution in [-0.4, -0.2) is 5.91 Å². The number of carbonyl (C=O) groups excluding carboxylic acids is 1. The van der Waals surface area contributed by atoms with E-state index in [1.54, 1.807) is 18.2 Å². The van der Waals surface area contributed by atoms with Crippen LogP contribution >= 0.6 is 0 Å². The van der Waals surface area contributed by atoms with E-state index in [1.807, 2.05) is 36.4 Å². The van der Waals surface area contributed by atoms with Crippen molar-refractivity contribution in [2.24, 2.45) is 5.73 Å². The van der Waals surface area contributed by atoms with Crippen LogP contribution in [0.4, 0.5) is 0 Å². The van der Waals surface area contributed by atoms with Gasteiger partial charge in [0, 0.05) is 5.57 Å². The highest BCUT2D eigenvalue weighted by molar-refractivity contribution is 6.17. The third-order valence-electron chi connectivity index (χ3n) is 2.46. The lowest BCUT2D eigenvalue weighted by Crippen LogP contribution is -2.11. The van der Waals surface area contributed by atoms with Crippen LogP contribution in [0.3, 0.4) is 0 Å². The molecule has 0 unspecified atom stereocenters. The quantitative estimate of drug-likeness (QED) is 0.834. The average Bonchev–Trinajstić information content (AvgIpc) is 2.39. The molecule has 3 nitrogen and oxygen atoms in total. The van der Waals surface area contributed by atoms with Crippen molar-refractivity contribution in [3.05, 3.63) is 66.7 Å². The summed E-state index contributed by atoms with van der Waals surface area (Å²) in [6.07, 6.45) is 0. The molecular formula is C15H13NO2. The minimum absolute atomic E-state index is 0.272. The first-order chi connectivity index (χ1) is 8.66.